The van der Waals surface area contributed by atoms with Gasteiger partial charge in [0.15, 0.2) is 0 Å². The first kappa shape index (κ1) is 16.8. The van der Waals surface area contributed by atoms with Crippen LogP contribution >= 0.6 is 0 Å². The Labute approximate surface area is 152 Å². The molecule has 26 heavy (non-hydrogen) atoms. The minimum Gasteiger partial charge on any atom is -0.462 e. The second kappa shape index (κ2) is 5.94. The van der Waals surface area contributed by atoms with Crippen LogP contribution in [0.3, 0.4) is 0 Å². The number of benzene rings is 1. The van der Waals surface area contributed by atoms with Crippen molar-refractivity contribution in [2.24, 2.45) is 23.7 Å². The molecule has 1 saturated carbocycles. The Balaban J connectivity index is 1.64. The number of amides is 2. The minimum atomic E-state index is -0.412. The summed E-state index contributed by atoms with van der Waals surface area (Å²) in [6.07, 6.45) is 4.15. The fourth-order valence-corrected chi connectivity index (χ4v) is 4.65. The number of fused-ring (bicyclic) bond motifs is 5. The molecule has 0 aromatic heterocycles. The molecule has 1 saturated heterocycles. The van der Waals surface area contributed by atoms with Crippen LogP contribution in [0.5, 0.6) is 0 Å². The first-order chi connectivity index (χ1) is 12.5. The molecule has 134 valence electrons. The Morgan fingerprint density at radius 1 is 1.00 bits per heavy atom. The van der Waals surface area contributed by atoms with Crippen LogP contribution in [-0.4, -0.2) is 24.4 Å². The predicted molar refractivity (Wildman–Crippen MR) is 96.4 cm³/mol. The summed E-state index contributed by atoms with van der Waals surface area (Å²) in [6.45, 7) is 6.14. The Morgan fingerprint density at radius 3 is 2.00 bits per heavy atom. The number of anilines is 1. The van der Waals surface area contributed by atoms with E-state index in [0.29, 0.717) is 17.9 Å². The van der Waals surface area contributed by atoms with Crippen LogP contribution < -0.4 is 4.90 Å². The van der Waals surface area contributed by atoms with Crippen LogP contribution in [0, 0.1) is 23.7 Å². The Bertz CT molecular complexity index is 827. The first-order valence-corrected chi connectivity index (χ1v) is 8.96. The van der Waals surface area contributed by atoms with Gasteiger partial charge in [-0.1, -0.05) is 23.3 Å². The van der Waals surface area contributed by atoms with Crippen molar-refractivity contribution in [3.8, 4) is 0 Å². The van der Waals surface area contributed by atoms with Crippen molar-refractivity contribution in [3.05, 3.63) is 53.1 Å². The molecule has 4 atom stereocenters. The zero-order valence-corrected chi connectivity index (χ0v) is 15.1. The monoisotopic (exact) mass is 351 g/mol. The summed E-state index contributed by atoms with van der Waals surface area (Å²) >= 11 is 0. The smallest absolute Gasteiger partial charge is 0.338 e. The molecule has 1 aromatic carbocycles. The molecule has 4 rings (SSSR count). The fraction of sp³-hybridized carbons (Fsp3) is 0.381. The van der Waals surface area contributed by atoms with E-state index < -0.39 is 5.97 Å². The van der Waals surface area contributed by atoms with E-state index in [1.54, 1.807) is 31.2 Å². The molecule has 0 spiro atoms. The van der Waals surface area contributed by atoms with Crippen LogP contribution in [0.25, 0.3) is 0 Å². The van der Waals surface area contributed by atoms with Gasteiger partial charge in [-0.3, -0.25) is 9.59 Å². The van der Waals surface area contributed by atoms with Gasteiger partial charge in [-0.15, -0.1) is 0 Å². The molecule has 2 fully saturated rings. The number of hydrogen-bond acceptors (Lipinski definition) is 4. The van der Waals surface area contributed by atoms with Crippen molar-refractivity contribution < 1.29 is 19.1 Å². The van der Waals surface area contributed by atoms with Gasteiger partial charge in [0.2, 0.25) is 11.8 Å². The lowest BCUT2D eigenvalue weighted by Crippen LogP contribution is -2.33. The van der Waals surface area contributed by atoms with Crippen molar-refractivity contribution in [3.63, 3.8) is 0 Å². The summed E-state index contributed by atoms with van der Waals surface area (Å²) in [5.74, 6) is -1.21. The highest BCUT2D eigenvalue weighted by atomic mass is 16.5. The van der Waals surface area contributed by atoms with E-state index in [4.69, 9.17) is 4.74 Å². The van der Waals surface area contributed by atoms with Crippen molar-refractivity contribution in [1.82, 2.24) is 0 Å². The number of carbonyl (C=O) groups is 3. The molecular weight excluding hydrogens is 330 g/mol. The van der Waals surface area contributed by atoms with Crippen molar-refractivity contribution in [1.29, 1.82) is 0 Å². The molecule has 3 aliphatic rings. The third-order valence-corrected chi connectivity index (χ3v) is 5.63. The molecule has 1 aliphatic heterocycles. The molecule has 5 heteroatoms. The molecular formula is C21H21NO4. The van der Waals surface area contributed by atoms with Crippen LogP contribution in [0.4, 0.5) is 5.69 Å². The number of imide groups is 1. The second-order valence-corrected chi connectivity index (χ2v) is 7.22. The molecule has 2 amide bonds. The van der Waals surface area contributed by atoms with E-state index in [0.717, 1.165) is 0 Å². The molecule has 2 bridgehead atoms. The van der Waals surface area contributed by atoms with Gasteiger partial charge >= 0.3 is 5.97 Å². The summed E-state index contributed by atoms with van der Waals surface area (Å²) in [7, 11) is 0. The van der Waals surface area contributed by atoms with Gasteiger partial charge in [-0.05, 0) is 45.0 Å². The van der Waals surface area contributed by atoms with Crippen LogP contribution in [0.15, 0.2) is 47.6 Å². The third kappa shape index (κ3) is 2.19. The van der Waals surface area contributed by atoms with Crippen molar-refractivity contribution >= 4 is 23.5 Å². The van der Waals surface area contributed by atoms with E-state index in [1.807, 2.05) is 13.8 Å². The number of nitrogens with zero attached hydrogens (tertiary/aromatic N) is 1. The van der Waals surface area contributed by atoms with Crippen molar-refractivity contribution in [2.75, 3.05) is 11.5 Å². The Hall–Kier alpha value is -2.69. The number of hydrogen-bond donors (Lipinski definition) is 0. The normalized spacial score (nSPS) is 28.7. The van der Waals surface area contributed by atoms with Crippen LogP contribution in [0.2, 0.25) is 0 Å². The lowest BCUT2D eigenvalue weighted by atomic mass is 9.85. The Kier molecular flexibility index (Phi) is 3.83. The fourth-order valence-electron chi connectivity index (χ4n) is 4.65. The lowest BCUT2D eigenvalue weighted by molar-refractivity contribution is -0.122. The van der Waals surface area contributed by atoms with Crippen molar-refractivity contribution in [2.45, 2.75) is 20.8 Å². The highest BCUT2D eigenvalue weighted by Gasteiger charge is 2.61. The average Bonchev–Trinajstić information content (AvgIpc) is 3.25. The van der Waals surface area contributed by atoms with E-state index in [1.165, 1.54) is 16.0 Å². The number of esters is 1. The highest BCUT2D eigenvalue weighted by Crippen LogP contribution is 2.57. The summed E-state index contributed by atoms with van der Waals surface area (Å²) in [4.78, 5) is 39.1. The quantitative estimate of drug-likeness (QED) is 0.477. The SMILES string of the molecule is CCOC(=O)c1ccc(N2C(=O)[C@@H]3[C@H](C2=O)[C@H]2C=C[C@H]3C2=C(C)C)cc1. The zero-order chi connectivity index (χ0) is 18.6. The van der Waals surface area contributed by atoms with Crippen LogP contribution in [-0.2, 0) is 14.3 Å². The topological polar surface area (TPSA) is 63.7 Å². The third-order valence-electron chi connectivity index (χ3n) is 5.63. The van der Waals surface area contributed by atoms with E-state index in [2.05, 4.69) is 12.2 Å². The summed E-state index contributed by atoms with van der Waals surface area (Å²) in [5.41, 5.74) is 3.35. The zero-order valence-electron chi connectivity index (χ0n) is 15.1. The van der Waals surface area contributed by atoms with Gasteiger partial charge < -0.3 is 4.74 Å². The second-order valence-electron chi connectivity index (χ2n) is 7.22. The number of rotatable bonds is 3. The van der Waals surface area contributed by atoms with Gasteiger partial charge in [0.1, 0.15) is 0 Å². The average molecular weight is 351 g/mol. The minimum absolute atomic E-state index is 0.0373. The van der Waals surface area contributed by atoms with E-state index >= 15 is 0 Å². The predicted octanol–water partition coefficient (Wildman–Crippen LogP) is 3.12. The summed E-state index contributed by atoms with van der Waals surface area (Å²) < 4.78 is 4.97. The maximum absolute atomic E-state index is 13.0. The number of ether oxygens (including phenoxy) is 1. The molecule has 0 N–H and O–H groups in total. The summed E-state index contributed by atoms with van der Waals surface area (Å²) in [5, 5.41) is 0. The largest absolute Gasteiger partial charge is 0.462 e. The van der Waals surface area contributed by atoms with Gasteiger partial charge in [0.25, 0.3) is 0 Å². The number of allylic oxidation sites excluding steroid dienone is 4. The van der Waals surface area contributed by atoms with Crippen LogP contribution in [0.1, 0.15) is 31.1 Å². The molecule has 1 aromatic rings. The standard InChI is InChI=1S/C21H21NO4/c1-4-26-21(25)12-5-7-13(8-6-12)22-19(23)17-14-9-10-15(16(14)11(2)3)18(17)20(22)24/h5-10,14-15,17-18H,4H2,1-3H3/t14-,15-,17-,18+/m0/s1. The van der Waals surface area contributed by atoms with Gasteiger partial charge in [-0.2, -0.15) is 0 Å². The lowest BCUT2D eigenvalue weighted by Gasteiger charge is -2.19. The molecule has 0 unspecified atom stereocenters. The molecule has 0 radical (unpaired) electrons. The Morgan fingerprint density at radius 2 is 1.54 bits per heavy atom. The molecule has 1 heterocycles. The maximum atomic E-state index is 13.0. The summed E-state index contributed by atoms with van der Waals surface area (Å²) in [6, 6.07) is 6.47. The highest BCUT2D eigenvalue weighted by molar-refractivity contribution is 6.23. The molecule has 5 nitrogen and oxygen atoms in total. The van der Waals surface area contributed by atoms with Gasteiger partial charge in [0, 0.05) is 11.8 Å². The van der Waals surface area contributed by atoms with Gasteiger partial charge in [0.05, 0.1) is 29.7 Å². The maximum Gasteiger partial charge on any atom is 0.338 e. The molecule has 2 aliphatic carbocycles. The first-order valence-electron chi connectivity index (χ1n) is 8.96. The number of carbonyl (C=O) groups excluding carboxylic acids is 3. The van der Waals surface area contributed by atoms with E-state index in [9.17, 15) is 14.4 Å². The van der Waals surface area contributed by atoms with Gasteiger partial charge in [-0.25, -0.2) is 9.69 Å². The van der Waals surface area contributed by atoms with E-state index in [-0.39, 0.29) is 35.5 Å².